The minimum Gasteiger partial charge on any atom is -0.465 e. The molecule has 0 heterocycles. The zero-order valence-corrected chi connectivity index (χ0v) is 13.8. The van der Waals surface area contributed by atoms with Gasteiger partial charge in [0.25, 0.3) is 0 Å². The second kappa shape index (κ2) is 6.64. The van der Waals surface area contributed by atoms with E-state index in [1.165, 1.54) is 12.0 Å². The van der Waals surface area contributed by atoms with E-state index in [0.717, 1.165) is 12.8 Å². The Labute approximate surface area is 128 Å². The molecule has 1 fully saturated rings. The van der Waals surface area contributed by atoms with Gasteiger partial charge in [0, 0.05) is 5.41 Å². The van der Waals surface area contributed by atoms with Crippen molar-refractivity contribution in [2.45, 2.75) is 52.9 Å². The molecule has 1 saturated carbocycles. The molecule has 2 rings (SSSR count). The summed E-state index contributed by atoms with van der Waals surface area (Å²) in [4.78, 5) is 11.9. The third-order valence-corrected chi connectivity index (χ3v) is 5.33. The van der Waals surface area contributed by atoms with Gasteiger partial charge >= 0.3 is 5.97 Å². The molecule has 1 aliphatic rings. The van der Waals surface area contributed by atoms with Crippen LogP contribution in [0.3, 0.4) is 0 Å². The second-order valence-electron chi connectivity index (χ2n) is 7.21. The van der Waals surface area contributed by atoms with Crippen molar-refractivity contribution in [1.82, 2.24) is 0 Å². The molecule has 2 atom stereocenters. The number of ether oxygens (including phenoxy) is 1. The fraction of sp³-hybridized carbons (Fsp3) is 0.632. The Bertz CT molecular complexity index is 460. The number of hydrogen-bond acceptors (Lipinski definition) is 2. The Morgan fingerprint density at radius 3 is 2.38 bits per heavy atom. The van der Waals surface area contributed by atoms with E-state index in [1.807, 2.05) is 6.07 Å². The van der Waals surface area contributed by atoms with Gasteiger partial charge in [-0.05, 0) is 30.2 Å². The summed E-state index contributed by atoms with van der Waals surface area (Å²) >= 11 is 0. The van der Waals surface area contributed by atoms with Gasteiger partial charge in [-0.25, -0.2) is 0 Å². The number of benzene rings is 1. The quantitative estimate of drug-likeness (QED) is 0.703. The van der Waals surface area contributed by atoms with Crippen LogP contribution in [0.5, 0.6) is 0 Å². The van der Waals surface area contributed by atoms with Gasteiger partial charge in [-0.3, -0.25) is 4.79 Å². The standard InChI is InChI=1S/C19H28O2/c1-14(16-9-6-5-7-10-16)15(2)19(3,4)13-21-18(20)17-11-8-12-17/h5-7,9-10,14-15,17H,8,11-13H2,1-4H3/t14-,15+/m1/s1. The third-order valence-electron chi connectivity index (χ3n) is 5.33. The largest absolute Gasteiger partial charge is 0.465 e. The van der Waals surface area contributed by atoms with Crippen LogP contribution in [0.15, 0.2) is 30.3 Å². The van der Waals surface area contributed by atoms with Crippen LogP contribution < -0.4 is 0 Å². The van der Waals surface area contributed by atoms with E-state index < -0.39 is 0 Å². The van der Waals surface area contributed by atoms with Gasteiger partial charge in [-0.15, -0.1) is 0 Å². The number of carbonyl (C=O) groups is 1. The lowest BCUT2D eigenvalue weighted by Gasteiger charge is -2.36. The first-order valence-electron chi connectivity index (χ1n) is 8.13. The Morgan fingerprint density at radius 2 is 1.86 bits per heavy atom. The topological polar surface area (TPSA) is 26.3 Å². The summed E-state index contributed by atoms with van der Waals surface area (Å²) in [6, 6.07) is 10.6. The fourth-order valence-electron chi connectivity index (χ4n) is 2.87. The number of rotatable bonds is 6. The average molecular weight is 288 g/mol. The van der Waals surface area contributed by atoms with E-state index in [1.54, 1.807) is 0 Å². The van der Waals surface area contributed by atoms with Crippen LogP contribution in [0.1, 0.15) is 58.4 Å². The normalized spacial score (nSPS) is 18.7. The number of carbonyl (C=O) groups excluding carboxylic acids is 1. The van der Waals surface area contributed by atoms with Gasteiger partial charge in [0.05, 0.1) is 12.5 Å². The molecule has 1 aromatic rings. The van der Waals surface area contributed by atoms with Gasteiger partial charge in [-0.2, -0.15) is 0 Å². The zero-order chi connectivity index (χ0) is 15.5. The first kappa shape index (κ1) is 16.1. The van der Waals surface area contributed by atoms with Crippen LogP contribution in [0, 0.1) is 17.3 Å². The molecule has 1 aliphatic carbocycles. The molecule has 0 amide bonds. The van der Waals surface area contributed by atoms with Crippen molar-refractivity contribution in [1.29, 1.82) is 0 Å². The number of esters is 1. The van der Waals surface area contributed by atoms with Crippen molar-refractivity contribution < 1.29 is 9.53 Å². The molecule has 0 bridgehead atoms. The molecule has 116 valence electrons. The van der Waals surface area contributed by atoms with Crippen molar-refractivity contribution in [2.24, 2.45) is 17.3 Å². The molecule has 0 aliphatic heterocycles. The highest BCUT2D eigenvalue weighted by molar-refractivity contribution is 5.73. The SMILES string of the molecule is C[C@@H](c1ccccc1)[C@H](C)C(C)(C)COC(=O)C1CCC1. The predicted molar refractivity (Wildman–Crippen MR) is 86.1 cm³/mol. The molecule has 0 spiro atoms. The molecule has 0 aromatic heterocycles. The summed E-state index contributed by atoms with van der Waals surface area (Å²) in [5.41, 5.74) is 1.33. The summed E-state index contributed by atoms with van der Waals surface area (Å²) in [5.74, 6) is 1.06. The van der Waals surface area contributed by atoms with E-state index in [4.69, 9.17) is 4.74 Å². The molecular weight excluding hydrogens is 260 g/mol. The lowest BCUT2D eigenvalue weighted by Crippen LogP contribution is -2.34. The highest BCUT2D eigenvalue weighted by Crippen LogP contribution is 2.38. The molecule has 2 heteroatoms. The van der Waals surface area contributed by atoms with Crippen molar-refractivity contribution in [2.75, 3.05) is 6.61 Å². The van der Waals surface area contributed by atoms with Crippen LogP contribution >= 0.6 is 0 Å². The highest BCUT2D eigenvalue weighted by Gasteiger charge is 2.34. The molecular formula is C19H28O2. The first-order chi connectivity index (χ1) is 9.92. The Kier molecular flexibility index (Phi) is 5.08. The van der Waals surface area contributed by atoms with Crippen LogP contribution in [0.4, 0.5) is 0 Å². The molecule has 0 radical (unpaired) electrons. The minimum atomic E-state index is -0.0192. The maximum absolute atomic E-state index is 11.9. The lowest BCUT2D eigenvalue weighted by molar-refractivity contribution is -0.155. The summed E-state index contributed by atoms with van der Waals surface area (Å²) in [6.07, 6.45) is 3.19. The monoisotopic (exact) mass is 288 g/mol. The summed E-state index contributed by atoms with van der Waals surface area (Å²) in [6.45, 7) is 9.43. The molecule has 1 aromatic carbocycles. The number of hydrogen-bond donors (Lipinski definition) is 0. The highest BCUT2D eigenvalue weighted by atomic mass is 16.5. The van der Waals surface area contributed by atoms with Crippen molar-refractivity contribution in [3.8, 4) is 0 Å². The fourth-order valence-corrected chi connectivity index (χ4v) is 2.87. The van der Waals surface area contributed by atoms with Gasteiger partial charge in [0.15, 0.2) is 0 Å². The van der Waals surface area contributed by atoms with E-state index in [0.29, 0.717) is 18.4 Å². The van der Waals surface area contributed by atoms with Gasteiger partial charge in [0.1, 0.15) is 0 Å². The molecule has 0 N–H and O–H groups in total. The van der Waals surface area contributed by atoms with E-state index in [2.05, 4.69) is 52.0 Å². The Hall–Kier alpha value is -1.31. The summed E-state index contributed by atoms with van der Waals surface area (Å²) in [7, 11) is 0. The van der Waals surface area contributed by atoms with Crippen molar-refractivity contribution >= 4 is 5.97 Å². The maximum atomic E-state index is 11.9. The van der Waals surface area contributed by atoms with E-state index in [-0.39, 0.29) is 17.3 Å². The van der Waals surface area contributed by atoms with Crippen LogP contribution in [-0.2, 0) is 9.53 Å². The molecule has 2 nitrogen and oxygen atoms in total. The van der Waals surface area contributed by atoms with Gasteiger partial charge < -0.3 is 4.74 Å². The molecule has 21 heavy (non-hydrogen) atoms. The first-order valence-corrected chi connectivity index (χ1v) is 8.13. The molecule has 0 unspecified atom stereocenters. The lowest BCUT2D eigenvalue weighted by atomic mass is 9.72. The summed E-state index contributed by atoms with van der Waals surface area (Å²) in [5, 5.41) is 0. The van der Waals surface area contributed by atoms with Crippen molar-refractivity contribution in [3.05, 3.63) is 35.9 Å². The van der Waals surface area contributed by atoms with Gasteiger partial charge in [0.2, 0.25) is 0 Å². The van der Waals surface area contributed by atoms with Crippen LogP contribution in [0.2, 0.25) is 0 Å². The minimum absolute atomic E-state index is 0.00823. The smallest absolute Gasteiger partial charge is 0.308 e. The van der Waals surface area contributed by atoms with Gasteiger partial charge in [-0.1, -0.05) is 64.4 Å². The van der Waals surface area contributed by atoms with Crippen LogP contribution in [-0.4, -0.2) is 12.6 Å². The zero-order valence-electron chi connectivity index (χ0n) is 13.8. The summed E-state index contributed by atoms with van der Waals surface area (Å²) < 4.78 is 5.58. The predicted octanol–water partition coefficient (Wildman–Crippen LogP) is 4.80. The Morgan fingerprint density at radius 1 is 1.24 bits per heavy atom. The average Bonchev–Trinajstić information content (AvgIpc) is 2.43. The maximum Gasteiger partial charge on any atom is 0.308 e. The Balaban J connectivity index is 1.92. The van der Waals surface area contributed by atoms with Crippen LogP contribution in [0.25, 0.3) is 0 Å². The second-order valence-corrected chi connectivity index (χ2v) is 7.21. The molecule has 0 saturated heterocycles. The third kappa shape index (κ3) is 3.87. The van der Waals surface area contributed by atoms with E-state index >= 15 is 0 Å². The van der Waals surface area contributed by atoms with E-state index in [9.17, 15) is 4.79 Å². The van der Waals surface area contributed by atoms with Crippen molar-refractivity contribution in [3.63, 3.8) is 0 Å².